The van der Waals surface area contributed by atoms with Crippen LogP contribution in [0.25, 0.3) is 0 Å². The van der Waals surface area contributed by atoms with Gasteiger partial charge in [0.15, 0.2) is 5.78 Å². The number of hydrogen-bond donors (Lipinski definition) is 0. The first-order chi connectivity index (χ1) is 6.81. The highest BCUT2D eigenvalue weighted by molar-refractivity contribution is 5.85. The minimum Gasteiger partial charge on any atom is -0.472 e. The molecule has 3 nitrogen and oxygen atoms in total. The van der Waals surface area contributed by atoms with Gasteiger partial charge in [0.1, 0.15) is 6.10 Å². The summed E-state index contributed by atoms with van der Waals surface area (Å²) in [6, 6.07) is 1.82. The molecule has 2 rings (SSSR count). The molecule has 0 amide bonds. The minimum absolute atomic E-state index is 0.163. The van der Waals surface area contributed by atoms with Crippen LogP contribution in [0.1, 0.15) is 18.4 Å². The van der Waals surface area contributed by atoms with Gasteiger partial charge >= 0.3 is 0 Å². The molecule has 1 aromatic heterocycles. The fraction of sp³-hybridized carbons (Fsp3) is 0.545. The van der Waals surface area contributed by atoms with E-state index in [2.05, 4.69) is 0 Å². The van der Waals surface area contributed by atoms with Crippen LogP contribution in [0.4, 0.5) is 0 Å². The van der Waals surface area contributed by atoms with Crippen molar-refractivity contribution in [2.45, 2.75) is 25.4 Å². The van der Waals surface area contributed by atoms with E-state index in [1.165, 1.54) is 0 Å². The van der Waals surface area contributed by atoms with Gasteiger partial charge in [-0.1, -0.05) is 0 Å². The van der Waals surface area contributed by atoms with Crippen molar-refractivity contribution in [1.82, 2.24) is 0 Å². The topological polar surface area (TPSA) is 39.4 Å². The Balaban J connectivity index is 1.93. The Kier molecular flexibility index (Phi) is 2.68. The maximum atomic E-state index is 11.8. The highest BCUT2D eigenvalue weighted by atomic mass is 16.5. The number of ether oxygens (including phenoxy) is 1. The Morgan fingerprint density at radius 1 is 1.71 bits per heavy atom. The summed E-state index contributed by atoms with van der Waals surface area (Å²) in [6.45, 7) is 0. The molecular formula is C11H14O3. The number of rotatable bonds is 5. The van der Waals surface area contributed by atoms with Crippen LogP contribution in [0, 0.1) is 5.92 Å². The second kappa shape index (κ2) is 3.96. The van der Waals surface area contributed by atoms with E-state index in [1.807, 2.05) is 6.07 Å². The third kappa shape index (κ3) is 2.04. The number of carbonyl (C=O) groups excluding carboxylic acids is 1. The monoisotopic (exact) mass is 194 g/mol. The average molecular weight is 194 g/mol. The highest BCUT2D eigenvalue weighted by Gasteiger charge is 2.35. The third-order valence-corrected chi connectivity index (χ3v) is 2.58. The molecule has 14 heavy (non-hydrogen) atoms. The molecule has 3 heteroatoms. The fourth-order valence-corrected chi connectivity index (χ4v) is 1.68. The maximum absolute atomic E-state index is 11.8. The van der Waals surface area contributed by atoms with Gasteiger partial charge in [-0.3, -0.25) is 4.79 Å². The summed E-state index contributed by atoms with van der Waals surface area (Å²) in [5, 5.41) is 0. The predicted octanol–water partition coefficient (Wildman–Crippen LogP) is 1.82. The van der Waals surface area contributed by atoms with E-state index in [4.69, 9.17) is 9.15 Å². The summed E-state index contributed by atoms with van der Waals surface area (Å²) < 4.78 is 10.1. The minimum atomic E-state index is -0.204. The molecular weight excluding hydrogens is 180 g/mol. The molecule has 0 aliphatic heterocycles. The van der Waals surface area contributed by atoms with Crippen LogP contribution in [0.2, 0.25) is 0 Å². The van der Waals surface area contributed by atoms with Crippen molar-refractivity contribution in [3.63, 3.8) is 0 Å². The maximum Gasteiger partial charge on any atom is 0.166 e. The van der Waals surface area contributed by atoms with Crippen molar-refractivity contribution in [2.24, 2.45) is 5.92 Å². The van der Waals surface area contributed by atoms with Gasteiger partial charge in [0, 0.05) is 13.5 Å². The van der Waals surface area contributed by atoms with Crippen molar-refractivity contribution < 1.29 is 13.9 Å². The number of methoxy groups -OCH3 is 1. The summed E-state index contributed by atoms with van der Waals surface area (Å²) in [6.07, 6.45) is 5.65. The van der Waals surface area contributed by atoms with Gasteiger partial charge in [0.2, 0.25) is 0 Å². The lowest BCUT2D eigenvalue weighted by molar-refractivity contribution is -0.129. The van der Waals surface area contributed by atoms with Crippen molar-refractivity contribution in [3.05, 3.63) is 24.2 Å². The molecule has 1 aromatic rings. The zero-order valence-corrected chi connectivity index (χ0v) is 8.23. The van der Waals surface area contributed by atoms with Gasteiger partial charge < -0.3 is 9.15 Å². The Hall–Kier alpha value is -1.09. The largest absolute Gasteiger partial charge is 0.472 e. The first-order valence-corrected chi connectivity index (χ1v) is 4.88. The molecule has 1 unspecified atom stereocenters. The van der Waals surface area contributed by atoms with E-state index in [0.29, 0.717) is 12.3 Å². The summed E-state index contributed by atoms with van der Waals surface area (Å²) in [5.74, 6) is 0.621. The van der Waals surface area contributed by atoms with Crippen LogP contribution in [0.3, 0.4) is 0 Å². The standard InChI is InChI=1S/C11H14O3/c1-13-11(9-2-3-9)10(12)6-8-4-5-14-7-8/h4-5,7,9,11H,2-3,6H2,1H3. The Labute approximate surface area is 83.0 Å². The summed E-state index contributed by atoms with van der Waals surface area (Å²) in [4.78, 5) is 11.8. The first kappa shape index (κ1) is 9.46. The van der Waals surface area contributed by atoms with Crippen molar-refractivity contribution in [1.29, 1.82) is 0 Å². The number of ketones is 1. The molecule has 1 atom stereocenters. The van der Waals surface area contributed by atoms with Crippen molar-refractivity contribution >= 4 is 5.78 Å². The van der Waals surface area contributed by atoms with E-state index < -0.39 is 0 Å². The van der Waals surface area contributed by atoms with Crippen LogP contribution in [-0.4, -0.2) is 19.0 Å². The van der Waals surface area contributed by atoms with E-state index in [-0.39, 0.29) is 11.9 Å². The van der Waals surface area contributed by atoms with Gasteiger partial charge in [-0.25, -0.2) is 0 Å². The molecule has 1 aliphatic carbocycles. The number of Topliss-reactive ketones (excluding diaryl/α,β-unsaturated/α-hetero) is 1. The molecule has 1 saturated carbocycles. The smallest absolute Gasteiger partial charge is 0.166 e. The van der Waals surface area contributed by atoms with Crippen LogP contribution in [0.15, 0.2) is 23.0 Å². The van der Waals surface area contributed by atoms with Crippen molar-refractivity contribution in [2.75, 3.05) is 7.11 Å². The van der Waals surface area contributed by atoms with Gasteiger partial charge in [-0.05, 0) is 30.4 Å². The molecule has 76 valence electrons. The second-order valence-electron chi connectivity index (χ2n) is 3.77. The number of furan rings is 1. The van der Waals surface area contributed by atoms with E-state index in [1.54, 1.807) is 19.6 Å². The Bertz CT molecular complexity index is 298. The lowest BCUT2D eigenvalue weighted by Crippen LogP contribution is -2.26. The lowest BCUT2D eigenvalue weighted by atomic mass is 10.0. The third-order valence-electron chi connectivity index (χ3n) is 2.58. The van der Waals surface area contributed by atoms with E-state index in [9.17, 15) is 4.79 Å². The lowest BCUT2D eigenvalue weighted by Gasteiger charge is -2.11. The van der Waals surface area contributed by atoms with Crippen LogP contribution < -0.4 is 0 Å². The molecule has 0 N–H and O–H groups in total. The molecule has 1 fully saturated rings. The van der Waals surface area contributed by atoms with Crippen LogP contribution >= 0.6 is 0 Å². The van der Waals surface area contributed by atoms with E-state index >= 15 is 0 Å². The summed E-state index contributed by atoms with van der Waals surface area (Å²) >= 11 is 0. The Morgan fingerprint density at radius 2 is 2.50 bits per heavy atom. The molecule has 1 aliphatic rings. The predicted molar refractivity (Wildman–Crippen MR) is 50.9 cm³/mol. The van der Waals surface area contributed by atoms with Gasteiger partial charge in [-0.2, -0.15) is 0 Å². The van der Waals surface area contributed by atoms with Gasteiger partial charge in [0.05, 0.1) is 12.5 Å². The normalized spacial score (nSPS) is 18.1. The molecule has 0 radical (unpaired) electrons. The van der Waals surface area contributed by atoms with Crippen LogP contribution in [0.5, 0.6) is 0 Å². The zero-order valence-electron chi connectivity index (χ0n) is 8.23. The average Bonchev–Trinajstić information content (AvgIpc) is 2.86. The Morgan fingerprint density at radius 3 is 3.00 bits per heavy atom. The molecule has 1 heterocycles. The second-order valence-corrected chi connectivity index (χ2v) is 3.77. The zero-order chi connectivity index (χ0) is 9.97. The molecule has 0 spiro atoms. The number of carbonyl (C=O) groups is 1. The fourth-order valence-electron chi connectivity index (χ4n) is 1.68. The first-order valence-electron chi connectivity index (χ1n) is 4.88. The van der Waals surface area contributed by atoms with Gasteiger partial charge in [-0.15, -0.1) is 0 Å². The van der Waals surface area contributed by atoms with E-state index in [0.717, 1.165) is 18.4 Å². The van der Waals surface area contributed by atoms with Crippen molar-refractivity contribution in [3.8, 4) is 0 Å². The van der Waals surface area contributed by atoms with Gasteiger partial charge in [0.25, 0.3) is 0 Å². The number of hydrogen-bond acceptors (Lipinski definition) is 3. The molecule has 0 saturated heterocycles. The molecule has 0 aromatic carbocycles. The summed E-state index contributed by atoms with van der Waals surface area (Å²) in [5.41, 5.74) is 0.928. The summed E-state index contributed by atoms with van der Waals surface area (Å²) in [7, 11) is 1.61. The quantitative estimate of drug-likeness (QED) is 0.717. The highest BCUT2D eigenvalue weighted by Crippen LogP contribution is 2.34. The SMILES string of the molecule is COC(C(=O)Cc1ccoc1)C1CC1. The van der Waals surface area contributed by atoms with Crippen LogP contribution in [-0.2, 0) is 16.0 Å². The molecule has 0 bridgehead atoms.